The number of aliphatic hydroxyl groups excluding tert-OH is 1. The summed E-state index contributed by atoms with van der Waals surface area (Å²) >= 11 is 0. The van der Waals surface area contributed by atoms with Crippen LogP contribution in [0.5, 0.6) is 0 Å². The molecule has 8 nitrogen and oxygen atoms in total. The molecular weight excluding hydrogens is 285 g/mol. The maximum absolute atomic E-state index is 12.8. The van der Waals surface area contributed by atoms with Gasteiger partial charge in [0.15, 0.2) is 0 Å². The molecule has 0 bridgehead atoms. The third-order valence-corrected chi connectivity index (χ3v) is 5.71. The largest absolute Gasteiger partial charge is 0.447 e. The lowest BCUT2D eigenvalue weighted by Crippen LogP contribution is -2.49. The first kappa shape index (κ1) is 17.4. The fourth-order valence-electron chi connectivity index (χ4n) is 1.97. The van der Waals surface area contributed by atoms with Crippen LogP contribution in [0, 0.1) is 0 Å². The molecule has 0 aromatic heterocycles. The Morgan fingerprint density at radius 1 is 1.30 bits per heavy atom. The van der Waals surface area contributed by atoms with Gasteiger partial charge in [0.2, 0.25) is 0 Å². The van der Waals surface area contributed by atoms with E-state index in [4.69, 9.17) is 14.4 Å². The molecule has 0 aromatic rings. The molecular formula is C11H24N3O5P. The summed E-state index contributed by atoms with van der Waals surface area (Å²) in [5, 5.41) is 8.62. The summed E-state index contributed by atoms with van der Waals surface area (Å²) < 4.78 is 26.4. The first-order valence-corrected chi connectivity index (χ1v) is 8.19. The number of ether oxygens (including phenoxy) is 1. The summed E-state index contributed by atoms with van der Waals surface area (Å²) in [6.07, 6.45) is -0.449. The van der Waals surface area contributed by atoms with E-state index in [0.29, 0.717) is 32.8 Å². The molecule has 0 saturated carbocycles. The molecule has 0 aromatic carbocycles. The molecule has 0 radical (unpaired) electrons. The maximum atomic E-state index is 12.8. The number of hydrogen-bond acceptors (Lipinski definition) is 5. The Hall–Kier alpha value is -0.660. The van der Waals surface area contributed by atoms with Gasteiger partial charge in [0.1, 0.15) is 6.61 Å². The van der Waals surface area contributed by atoms with Crippen LogP contribution in [-0.4, -0.2) is 85.5 Å². The molecule has 0 spiro atoms. The first-order chi connectivity index (χ1) is 9.45. The van der Waals surface area contributed by atoms with Crippen molar-refractivity contribution in [2.24, 2.45) is 0 Å². The van der Waals surface area contributed by atoms with Crippen molar-refractivity contribution in [3.05, 3.63) is 0 Å². The van der Waals surface area contributed by atoms with Crippen molar-refractivity contribution in [3.8, 4) is 0 Å². The zero-order chi connectivity index (χ0) is 15.2. The highest BCUT2D eigenvalue weighted by atomic mass is 31.2. The zero-order valence-electron chi connectivity index (χ0n) is 12.3. The molecule has 9 heteroatoms. The smallest absolute Gasteiger partial charge is 0.409 e. The fraction of sp³-hybridized carbons (Fsp3) is 0.909. The Morgan fingerprint density at radius 2 is 1.90 bits per heavy atom. The van der Waals surface area contributed by atoms with E-state index in [2.05, 4.69) is 0 Å². The molecule has 20 heavy (non-hydrogen) atoms. The van der Waals surface area contributed by atoms with E-state index >= 15 is 0 Å². The third kappa shape index (κ3) is 4.17. The molecule has 0 aliphatic carbocycles. The molecule has 1 fully saturated rings. The van der Waals surface area contributed by atoms with Crippen molar-refractivity contribution < 1.29 is 23.7 Å². The lowest BCUT2D eigenvalue weighted by molar-refractivity contribution is 0.0710. The van der Waals surface area contributed by atoms with Crippen molar-refractivity contribution in [2.45, 2.75) is 6.92 Å². The first-order valence-electron chi connectivity index (χ1n) is 6.66. The third-order valence-electron chi connectivity index (χ3n) is 2.99. The Morgan fingerprint density at radius 3 is 2.35 bits per heavy atom. The van der Waals surface area contributed by atoms with Crippen LogP contribution in [0.4, 0.5) is 4.79 Å². The van der Waals surface area contributed by atoms with Crippen LogP contribution in [0.15, 0.2) is 0 Å². The van der Waals surface area contributed by atoms with Crippen molar-refractivity contribution in [1.29, 1.82) is 0 Å². The van der Waals surface area contributed by atoms with Gasteiger partial charge in [-0.15, -0.1) is 0 Å². The lowest BCUT2D eigenvalue weighted by atomic mass is 10.4. The molecule has 1 amide bonds. The van der Waals surface area contributed by atoms with E-state index in [9.17, 15) is 9.36 Å². The quantitative estimate of drug-likeness (QED) is 0.713. The Kier molecular flexibility index (Phi) is 6.91. The lowest BCUT2D eigenvalue weighted by Gasteiger charge is -2.39. The Balaban J connectivity index is 2.56. The van der Waals surface area contributed by atoms with Gasteiger partial charge in [-0.3, -0.25) is 4.57 Å². The average molecular weight is 309 g/mol. The van der Waals surface area contributed by atoms with E-state index in [1.165, 1.54) is 4.90 Å². The molecule has 1 unspecified atom stereocenters. The van der Waals surface area contributed by atoms with Gasteiger partial charge in [-0.25, -0.2) is 14.1 Å². The monoisotopic (exact) mass is 309 g/mol. The second kappa shape index (κ2) is 7.95. The summed E-state index contributed by atoms with van der Waals surface area (Å²) in [7, 11) is 0.444. The van der Waals surface area contributed by atoms with Gasteiger partial charge in [0.25, 0.3) is 0 Å². The minimum absolute atomic E-state index is 0.00577. The van der Waals surface area contributed by atoms with E-state index < -0.39 is 13.8 Å². The van der Waals surface area contributed by atoms with Crippen LogP contribution in [-0.2, 0) is 13.8 Å². The second-order valence-electron chi connectivity index (χ2n) is 4.53. The average Bonchev–Trinajstić information content (AvgIpc) is 2.44. The van der Waals surface area contributed by atoms with Gasteiger partial charge in [-0.1, -0.05) is 0 Å². The van der Waals surface area contributed by atoms with Crippen molar-refractivity contribution in [1.82, 2.24) is 14.2 Å². The summed E-state index contributed by atoms with van der Waals surface area (Å²) in [6.45, 7) is 3.75. The molecule has 1 rings (SSSR count). The standard InChI is InChI=1S/C11H24N3O5P/c1-4-19-20(17,12(2)3)14-7-5-13(6-8-14)11(16)18-10-9-15/h15H,4-10H2,1-3H3. The number of carbonyl (C=O) groups excluding carboxylic acids is 1. The van der Waals surface area contributed by atoms with Crippen LogP contribution in [0.3, 0.4) is 0 Å². The van der Waals surface area contributed by atoms with Gasteiger partial charge in [0.05, 0.1) is 13.2 Å². The summed E-state index contributed by atoms with van der Waals surface area (Å²) in [4.78, 5) is 13.2. The SMILES string of the molecule is CCOP(=O)(N(C)C)N1CCN(C(=O)OCCO)CC1. The number of carbonyl (C=O) groups is 1. The van der Waals surface area contributed by atoms with Crippen LogP contribution in [0.1, 0.15) is 6.92 Å². The zero-order valence-corrected chi connectivity index (χ0v) is 13.2. The van der Waals surface area contributed by atoms with Crippen LogP contribution >= 0.6 is 7.67 Å². The summed E-state index contributed by atoms with van der Waals surface area (Å²) in [5.74, 6) is 0. The summed E-state index contributed by atoms with van der Waals surface area (Å²) in [6, 6.07) is 0. The van der Waals surface area contributed by atoms with E-state index in [0.717, 1.165) is 0 Å². The van der Waals surface area contributed by atoms with Gasteiger partial charge in [0, 0.05) is 26.2 Å². The minimum Gasteiger partial charge on any atom is -0.447 e. The number of nitrogens with zero attached hydrogens (tertiary/aromatic N) is 3. The number of amides is 1. The number of rotatable bonds is 6. The number of piperazine rings is 1. The number of hydrogen-bond donors (Lipinski definition) is 1. The van der Waals surface area contributed by atoms with Crippen LogP contribution in [0.25, 0.3) is 0 Å². The molecule has 1 saturated heterocycles. The van der Waals surface area contributed by atoms with E-state index in [-0.39, 0.29) is 13.2 Å². The molecule has 1 heterocycles. The predicted octanol–water partition coefficient (Wildman–Crippen LogP) is 0.439. The van der Waals surface area contributed by atoms with Crippen LogP contribution in [0.2, 0.25) is 0 Å². The van der Waals surface area contributed by atoms with Crippen LogP contribution < -0.4 is 0 Å². The van der Waals surface area contributed by atoms with E-state index in [1.54, 1.807) is 30.4 Å². The van der Waals surface area contributed by atoms with E-state index in [1.807, 2.05) is 0 Å². The molecule has 1 aliphatic heterocycles. The Bertz CT molecular complexity index is 358. The van der Waals surface area contributed by atoms with Crippen molar-refractivity contribution >= 4 is 13.8 Å². The normalized spacial score (nSPS) is 19.9. The molecule has 1 atom stereocenters. The van der Waals surface area contributed by atoms with Gasteiger partial charge < -0.3 is 19.3 Å². The fourth-order valence-corrected chi connectivity index (χ4v) is 3.89. The molecule has 118 valence electrons. The van der Waals surface area contributed by atoms with Crippen molar-refractivity contribution in [2.75, 3.05) is 60.1 Å². The summed E-state index contributed by atoms with van der Waals surface area (Å²) in [5.41, 5.74) is 0. The maximum Gasteiger partial charge on any atom is 0.409 e. The highest BCUT2D eigenvalue weighted by molar-refractivity contribution is 7.53. The van der Waals surface area contributed by atoms with Gasteiger partial charge in [-0.2, -0.15) is 0 Å². The topological polar surface area (TPSA) is 82.6 Å². The predicted molar refractivity (Wildman–Crippen MR) is 74.5 cm³/mol. The highest BCUT2D eigenvalue weighted by Gasteiger charge is 2.37. The van der Waals surface area contributed by atoms with Crippen molar-refractivity contribution in [3.63, 3.8) is 0 Å². The highest BCUT2D eigenvalue weighted by Crippen LogP contribution is 2.52. The Labute approximate surface area is 119 Å². The molecule has 1 N–H and O–H groups in total. The number of aliphatic hydroxyl groups is 1. The second-order valence-corrected chi connectivity index (χ2v) is 7.14. The minimum atomic E-state index is -3.00. The molecule has 1 aliphatic rings. The van der Waals surface area contributed by atoms with Gasteiger partial charge >= 0.3 is 13.8 Å². The van der Waals surface area contributed by atoms with Gasteiger partial charge in [-0.05, 0) is 21.0 Å².